The lowest BCUT2D eigenvalue weighted by atomic mass is 9.99. The van der Waals surface area contributed by atoms with Crippen LogP contribution in [0.1, 0.15) is 19.8 Å². The van der Waals surface area contributed by atoms with Gasteiger partial charge in [0.15, 0.2) is 0 Å². The van der Waals surface area contributed by atoms with Gasteiger partial charge in [0.1, 0.15) is 6.61 Å². The van der Waals surface area contributed by atoms with E-state index >= 15 is 0 Å². The van der Waals surface area contributed by atoms with Gasteiger partial charge in [0, 0.05) is 13.1 Å². The first-order chi connectivity index (χ1) is 5.74. The summed E-state index contributed by atoms with van der Waals surface area (Å²) in [6.45, 7) is 3.92. The zero-order valence-electron chi connectivity index (χ0n) is 7.45. The fourth-order valence-electron chi connectivity index (χ4n) is 1.42. The van der Waals surface area contributed by atoms with Crippen LogP contribution in [0, 0.1) is 5.92 Å². The molecule has 0 unspecified atom stereocenters. The summed E-state index contributed by atoms with van der Waals surface area (Å²) in [5.74, 6) is 5.56. The number of piperidine rings is 1. The fourth-order valence-corrected chi connectivity index (χ4v) is 1.42. The molecule has 0 aromatic heterocycles. The van der Waals surface area contributed by atoms with Crippen LogP contribution >= 0.6 is 0 Å². The minimum Gasteiger partial charge on any atom is -0.341 e. The molecule has 1 saturated heterocycles. The van der Waals surface area contributed by atoms with Crippen LogP contribution in [0.15, 0.2) is 0 Å². The summed E-state index contributed by atoms with van der Waals surface area (Å²) in [4.78, 5) is 17.3. The van der Waals surface area contributed by atoms with E-state index in [-0.39, 0.29) is 12.5 Å². The van der Waals surface area contributed by atoms with E-state index in [9.17, 15) is 4.79 Å². The number of amides is 1. The molecule has 0 spiro atoms. The highest BCUT2D eigenvalue weighted by Gasteiger charge is 2.19. The third-order valence-electron chi connectivity index (χ3n) is 2.34. The largest absolute Gasteiger partial charge is 0.341 e. The fraction of sp³-hybridized carbons (Fsp3) is 0.875. The molecule has 0 atom stereocenters. The van der Waals surface area contributed by atoms with E-state index in [0.717, 1.165) is 31.8 Å². The van der Waals surface area contributed by atoms with Crippen LogP contribution in [-0.2, 0) is 9.63 Å². The highest BCUT2D eigenvalue weighted by molar-refractivity contribution is 5.77. The number of likely N-dealkylation sites (tertiary alicyclic amines) is 1. The molecule has 0 radical (unpaired) electrons. The first kappa shape index (κ1) is 9.48. The number of nitrogens with zero attached hydrogens (tertiary/aromatic N) is 1. The molecular formula is C8H16N2O2. The highest BCUT2D eigenvalue weighted by Crippen LogP contribution is 2.15. The zero-order valence-corrected chi connectivity index (χ0v) is 7.45. The van der Waals surface area contributed by atoms with E-state index in [1.807, 2.05) is 4.90 Å². The van der Waals surface area contributed by atoms with Crippen molar-refractivity contribution in [2.45, 2.75) is 19.8 Å². The summed E-state index contributed by atoms with van der Waals surface area (Å²) in [5, 5.41) is 0. The molecular weight excluding hydrogens is 156 g/mol. The number of hydrogen-bond donors (Lipinski definition) is 1. The van der Waals surface area contributed by atoms with Crippen molar-refractivity contribution < 1.29 is 9.63 Å². The maximum absolute atomic E-state index is 11.2. The Kier molecular flexibility index (Phi) is 3.49. The van der Waals surface area contributed by atoms with Gasteiger partial charge in [0.05, 0.1) is 0 Å². The summed E-state index contributed by atoms with van der Waals surface area (Å²) in [6, 6.07) is 0. The van der Waals surface area contributed by atoms with E-state index in [4.69, 9.17) is 5.90 Å². The maximum atomic E-state index is 11.2. The minimum absolute atomic E-state index is 0.00407. The smallest absolute Gasteiger partial charge is 0.250 e. The van der Waals surface area contributed by atoms with Gasteiger partial charge in [-0.05, 0) is 18.8 Å². The quantitative estimate of drug-likeness (QED) is 0.602. The average Bonchev–Trinajstić information content (AvgIpc) is 2.06. The van der Waals surface area contributed by atoms with E-state index in [1.54, 1.807) is 0 Å². The van der Waals surface area contributed by atoms with Gasteiger partial charge in [-0.15, -0.1) is 0 Å². The Balaban J connectivity index is 2.29. The predicted octanol–water partition coefficient (Wildman–Crippen LogP) is 0.135. The SMILES string of the molecule is CC1CCN(C(=O)CON)CC1. The summed E-state index contributed by atoms with van der Waals surface area (Å²) >= 11 is 0. The van der Waals surface area contributed by atoms with Crippen LogP contribution in [0.3, 0.4) is 0 Å². The molecule has 0 aromatic rings. The Labute approximate surface area is 72.6 Å². The number of carbonyl (C=O) groups is 1. The van der Waals surface area contributed by atoms with Gasteiger partial charge in [0.25, 0.3) is 5.91 Å². The second-order valence-electron chi connectivity index (χ2n) is 3.37. The normalized spacial score (nSPS) is 19.7. The Hall–Kier alpha value is -0.610. The molecule has 1 aliphatic heterocycles. The Morgan fingerprint density at radius 2 is 2.17 bits per heavy atom. The lowest BCUT2D eigenvalue weighted by Crippen LogP contribution is -2.40. The molecule has 0 aromatic carbocycles. The Morgan fingerprint density at radius 1 is 1.58 bits per heavy atom. The molecule has 0 aliphatic carbocycles. The molecule has 0 bridgehead atoms. The minimum atomic E-state index is 0.00407. The third-order valence-corrected chi connectivity index (χ3v) is 2.34. The van der Waals surface area contributed by atoms with Gasteiger partial charge in [-0.1, -0.05) is 6.92 Å². The molecule has 1 aliphatic rings. The molecule has 1 rings (SSSR count). The van der Waals surface area contributed by atoms with E-state index in [0.29, 0.717) is 0 Å². The topological polar surface area (TPSA) is 55.6 Å². The summed E-state index contributed by atoms with van der Waals surface area (Å²) in [6.07, 6.45) is 2.19. The Bertz CT molecular complexity index is 153. The van der Waals surface area contributed by atoms with Crippen molar-refractivity contribution in [1.82, 2.24) is 4.90 Å². The first-order valence-electron chi connectivity index (χ1n) is 4.33. The van der Waals surface area contributed by atoms with Crippen LogP contribution in [-0.4, -0.2) is 30.5 Å². The van der Waals surface area contributed by atoms with Crippen molar-refractivity contribution >= 4 is 5.91 Å². The van der Waals surface area contributed by atoms with Crippen LogP contribution in [0.4, 0.5) is 0 Å². The lowest BCUT2D eigenvalue weighted by Gasteiger charge is -2.29. The molecule has 1 fully saturated rings. The van der Waals surface area contributed by atoms with Crippen molar-refractivity contribution in [3.05, 3.63) is 0 Å². The summed E-state index contributed by atoms with van der Waals surface area (Å²) in [5.41, 5.74) is 0. The van der Waals surface area contributed by atoms with E-state index in [1.165, 1.54) is 0 Å². The third kappa shape index (κ3) is 2.46. The molecule has 4 heteroatoms. The van der Waals surface area contributed by atoms with Crippen molar-refractivity contribution in [2.75, 3.05) is 19.7 Å². The molecule has 2 N–H and O–H groups in total. The van der Waals surface area contributed by atoms with Crippen LogP contribution in [0.25, 0.3) is 0 Å². The van der Waals surface area contributed by atoms with Gasteiger partial charge in [-0.25, -0.2) is 5.90 Å². The molecule has 70 valence electrons. The summed E-state index contributed by atoms with van der Waals surface area (Å²) < 4.78 is 0. The second kappa shape index (κ2) is 4.42. The molecule has 12 heavy (non-hydrogen) atoms. The zero-order chi connectivity index (χ0) is 8.97. The van der Waals surface area contributed by atoms with Crippen molar-refractivity contribution in [1.29, 1.82) is 0 Å². The standard InChI is InChI=1S/C8H16N2O2/c1-7-2-4-10(5-3-7)8(11)6-12-9/h7H,2-6,9H2,1H3. The van der Waals surface area contributed by atoms with Crippen LogP contribution in [0.5, 0.6) is 0 Å². The van der Waals surface area contributed by atoms with Gasteiger partial charge >= 0.3 is 0 Å². The number of rotatable bonds is 2. The monoisotopic (exact) mass is 172 g/mol. The average molecular weight is 172 g/mol. The van der Waals surface area contributed by atoms with Crippen LogP contribution in [0.2, 0.25) is 0 Å². The van der Waals surface area contributed by atoms with E-state index in [2.05, 4.69) is 11.8 Å². The molecule has 1 amide bonds. The number of hydrogen-bond acceptors (Lipinski definition) is 3. The first-order valence-corrected chi connectivity index (χ1v) is 4.33. The van der Waals surface area contributed by atoms with Gasteiger partial charge < -0.3 is 4.90 Å². The number of carbonyl (C=O) groups excluding carboxylic acids is 1. The van der Waals surface area contributed by atoms with Crippen molar-refractivity contribution in [3.63, 3.8) is 0 Å². The van der Waals surface area contributed by atoms with Gasteiger partial charge in [0.2, 0.25) is 0 Å². The molecule has 1 heterocycles. The van der Waals surface area contributed by atoms with Crippen molar-refractivity contribution in [2.24, 2.45) is 11.8 Å². The molecule has 4 nitrogen and oxygen atoms in total. The van der Waals surface area contributed by atoms with Gasteiger partial charge in [-0.2, -0.15) is 0 Å². The predicted molar refractivity (Wildman–Crippen MR) is 45.1 cm³/mol. The second-order valence-corrected chi connectivity index (χ2v) is 3.37. The maximum Gasteiger partial charge on any atom is 0.250 e. The van der Waals surface area contributed by atoms with Gasteiger partial charge in [-0.3, -0.25) is 9.63 Å². The summed E-state index contributed by atoms with van der Waals surface area (Å²) in [7, 11) is 0. The molecule has 0 saturated carbocycles. The highest BCUT2D eigenvalue weighted by atomic mass is 16.6. The lowest BCUT2D eigenvalue weighted by molar-refractivity contribution is -0.137. The Morgan fingerprint density at radius 3 is 2.67 bits per heavy atom. The van der Waals surface area contributed by atoms with Crippen LogP contribution < -0.4 is 5.90 Å². The van der Waals surface area contributed by atoms with Crippen molar-refractivity contribution in [3.8, 4) is 0 Å². The number of nitrogens with two attached hydrogens (primary N) is 1. The van der Waals surface area contributed by atoms with E-state index < -0.39 is 0 Å².